The molecule has 4 aromatic rings. The second-order valence-corrected chi connectivity index (χ2v) is 8.23. The minimum atomic E-state index is -0.258. The summed E-state index contributed by atoms with van der Waals surface area (Å²) < 4.78 is 16.2. The van der Waals surface area contributed by atoms with E-state index in [1.165, 1.54) is 11.3 Å². The highest BCUT2D eigenvalue weighted by Crippen LogP contribution is 2.33. The van der Waals surface area contributed by atoms with Crippen molar-refractivity contribution in [3.8, 4) is 33.7 Å². The van der Waals surface area contributed by atoms with E-state index in [0.717, 1.165) is 11.3 Å². The molecule has 4 rings (SSSR count). The number of nitrogens with one attached hydrogen (secondary N) is 1. The van der Waals surface area contributed by atoms with Gasteiger partial charge in [0.15, 0.2) is 5.13 Å². The molecule has 164 valence electrons. The van der Waals surface area contributed by atoms with Crippen LogP contribution in [-0.2, 0) is 0 Å². The second kappa shape index (κ2) is 9.19. The molecule has 0 bridgehead atoms. The van der Waals surface area contributed by atoms with Crippen LogP contribution in [0.5, 0.6) is 11.5 Å². The Kier molecular flexibility index (Phi) is 6.18. The van der Waals surface area contributed by atoms with Gasteiger partial charge < -0.3 is 14.0 Å². The molecule has 9 heteroatoms. The lowest BCUT2D eigenvalue weighted by molar-refractivity contribution is 0.102. The number of aryl methyl sites for hydroxylation is 1. The summed E-state index contributed by atoms with van der Waals surface area (Å²) in [5.74, 6) is 2.02. The molecule has 0 aliphatic heterocycles. The van der Waals surface area contributed by atoms with Crippen LogP contribution in [0.2, 0.25) is 0 Å². The monoisotopic (exact) mass is 450 g/mol. The maximum atomic E-state index is 12.6. The van der Waals surface area contributed by atoms with E-state index in [1.807, 2.05) is 45.0 Å². The first kappa shape index (κ1) is 21.5. The minimum absolute atomic E-state index is 0.0707. The van der Waals surface area contributed by atoms with Gasteiger partial charge >= 0.3 is 0 Å². The second-order valence-electron chi connectivity index (χ2n) is 7.23. The van der Waals surface area contributed by atoms with Crippen molar-refractivity contribution in [2.45, 2.75) is 26.9 Å². The van der Waals surface area contributed by atoms with Crippen molar-refractivity contribution in [3.05, 3.63) is 59.8 Å². The highest BCUT2D eigenvalue weighted by Gasteiger charge is 2.19. The summed E-state index contributed by atoms with van der Waals surface area (Å²) >= 11 is 1.28. The number of hydrogen-bond acceptors (Lipinski definition) is 8. The zero-order valence-electron chi connectivity index (χ0n) is 18.1. The number of ether oxygens (including phenoxy) is 2. The smallest absolute Gasteiger partial charge is 0.270 e. The molecule has 2 aromatic heterocycles. The van der Waals surface area contributed by atoms with Crippen molar-refractivity contribution < 1.29 is 18.8 Å². The lowest BCUT2D eigenvalue weighted by Gasteiger charge is -2.09. The Labute approximate surface area is 189 Å². The Morgan fingerprint density at radius 3 is 2.38 bits per heavy atom. The van der Waals surface area contributed by atoms with E-state index < -0.39 is 0 Å². The van der Waals surface area contributed by atoms with E-state index in [2.05, 4.69) is 20.4 Å². The molecular formula is C23H22N4O4S. The summed E-state index contributed by atoms with van der Waals surface area (Å²) in [6.45, 7) is 5.73. The predicted octanol–water partition coefficient (Wildman–Crippen LogP) is 5.22. The number of aromatic nitrogens is 3. The zero-order valence-corrected chi connectivity index (χ0v) is 18.9. The zero-order chi connectivity index (χ0) is 22.7. The summed E-state index contributed by atoms with van der Waals surface area (Å²) in [6, 6.07) is 14.4. The number of amides is 1. The summed E-state index contributed by atoms with van der Waals surface area (Å²) in [5, 5.41) is 7.34. The molecule has 0 aliphatic rings. The molecule has 8 nitrogen and oxygen atoms in total. The van der Waals surface area contributed by atoms with Gasteiger partial charge in [0.2, 0.25) is 5.82 Å². The van der Waals surface area contributed by atoms with Crippen LogP contribution in [0.15, 0.2) is 53.1 Å². The maximum absolute atomic E-state index is 12.6. The first-order valence-corrected chi connectivity index (χ1v) is 10.8. The van der Waals surface area contributed by atoms with Gasteiger partial charge in [-0.05, 0) is 69.3 Å². The van der Waals surface area contributed by atoms with Crippen LogP contribution in [-0.4, -0.2) is 34.2 Å². The Hall–Kier alpha value is -3.72. The van der Waals surface area contributed by atoms with Gasteiger partial charge in [0.05, 0.1) is 18.9 Å². The minimum Gasteiger partial charge on any atom is -0.497 e. The van der Waals surface area contributed by atoms with E-state index in [4.69, 9.17) is 14.0 Å². The van der Waals surface area contributed by atoms with Gasteiger partial charge in [-0.2, -0.15) is 4.98 Å². The van der Waals surface area contributed by atoms with E-state index in [0.29, 0.717) is 38.7 Å². The van der Waals surface area contributed by atoms with Gasteiger partial charge in [-0.15, -0.1) is 0 Å². The highest BCUT2D eigenvalue weighted by atomic mass is 32.1. The molecule has 1 N–H and O–H groups in total. The summed E-state index contributed by atoms with van der Waals surface area (Å²) in [4.78, 5) is 22.2. The van der Waals surface area contributed by atoms with Crippen LogP contribution in [0.3, 0.4) is 0 Å². The van der Waals surface area contributed by atoms with Crippen LogP contribution in [0, 0.1) is 6.92 Å². The van der Waals surface area contributed by atoms with Crippen molar-refractivity contribution in [3.63, 3.8) is 0 Å². The first-order valence-electron chi connectivity index (χ1n) is 9.97. The molecule has 1 amide bonds. The molecular weight excluding hydrogens is 428 g/mol. The molecule has 32 heavy (non-hydrogen) atoms. The third kappa shape index (κ3) is 4.78. The largest absolute Gasteiger partial charge is 0.497 e. The van der Waals surface area contributed by atoms with Crippen LogP contribution < -0.4 is 14.8 Å². The number of anilines is 1. The molecule has 0 aliphatic carbocycles. The van der Waals surface area contributed by atoms with Gasteiger partial charge in [0, 0.05) is 11.1 Å². The fourth-order valence-electron chi connectivity index (χ4n) is 2.95. The molecule has 0 saturated carbocycles. The van der Waals surface area contributed by atoms with Crippen molar-refractivity contribution >= 4 is 22.4 Å². The molecule has 0 spiro atoms. The molecule has 0 unspecified atom stereocenters. The van der Waals surface area contributed by atoms with Crippen molar-refractivity contribution in [2.24, 2.45) is 0 Å². The van der Waals surface area contributed by atoms with E-state index in [1.54, 1.807) is 31.4 Å². The summed E-state index contributed by atoms with van der Waals surface area (Å²) in [7, 11) is 1.61. The van der Waals surface area contributed by atoms with Crippen molar-refractivity contribution in [1.82, 2.24) is 15.1 Å². The number of hydrogen-bond donors (Lipinski definition) is 1. The lowest BCUT2D eigenvalue weighted by atomic mass is 10.2. The van der Waals surface area contributed by atoms with Gasteiger partial charge in [-0.1, -0.05) is 16.5 Å². The van der Waals surface area contributed by atoms with E-state index >= 15 is 0 Å². The number of carbonyl (C=O) groups excluding carboxylic acids is 1. The fourth-order valence-corrected chi connectivity index (χ4v) is 3.83. The predicted molar refractivity (Wildman–Crippen MR) is 122 cm³/mol. The SMILES string of the molecule is COc1ccc(-c2noc(-c3sc(NC(=O)c4ccc(OC(C)C)cc4)nc3C)n2)cc1. The number of rotatable bonds is 7. The molecule has 2 heterocycles. The topological polar surface area (TPSA) is 99.4 Å². The quantitative estimate of drug-likeness (QED) is 0.412. The fraction of sp³-hybridized carbons (Fsp3) is 0.217. The normalized spacial score (nSPS) is 10.9. The molecule has 0 atom stereocenters. The van der Waals surface area contributed by atoms with Gasteiger partial charge in [0.25, 0.3) is 11.8 Å². The number of methoxy groups -OCH3 is 1. The summed E-state index contributed by atoms with van der Waals surface area (Å²) in [5.41, 5.74) is 2.01. The highest BCUT2D eigenvalue weighted by molar-refractivity contribution is 7.19. The Morgan fingerprint density at radius 2 is 1.72 bits per heavy atom. The van der Waals surface area contributed by atoms with Crippen LogP contribution >= 0.6 is 11.3 Å². The van der Waals surface area contributed by atoms with Gasteiger partial charge in [0.1, 0.15) is 16.4 Å². The first-order chi connectivity index (χ1) is 15.4. The van der Waals surface area contributed by atoms with Crippen molar-refractivity contribution in [2.75, 3.05) is 12.4 Å². The standard InChI is InChI=1S/C23H22N4O4S/c1-13(2)30-18-11-7-16(8-12-18)21(28)26-23-24-14(3)19(32-23)22-25-20(27-31-22)15-5-9-17(29-4)10-6-15/h5-13H,1-4H3,(H,24,26,28). The van der Waals surface area contributed by atoms with E-state index in [-0.39, 0.29) is 12.0 Å². The van der Waals surface area contributed by atoms with Gasteiger partial charge in [-0.3, -0.25) is 10.1 Å². The number of carbonyl (C=O) groups is 1. The average Bonchev–Trinajstić information content (AvgIpc) is 3.40. The number of thiazole rings is 1. The Bertz CT molecular complexity index is 1210. The average molecular weight is 451 g/mol. The molecule has 0 fully saturated rings. The third-order valence-electron chi connectivity index (χ3n) is 4.47. The summed E-state index contributed by atoms with van der Waals surface area (Å²) in [6.07, 6.45) is 0.0707. The van der Waals surface area contributed by atoms with Gasteiger partial charge in [-0.25, -0.2) is 4.98 Å². The maximum Gasteiger partial charge on any atom is 0.270 e. The van der Waals surface area contributed by atoms with Crippen LogP contribution in [0.1, 0.15) is 29.9 Å². The Balaban J connectivity index is 1.48. The number of benzene rings is 2. The van der Waals surface area contributed by atoms with Crippen LogP contribution in [0.4, 0.5) is 5.13 Å². The number of nitrogens with zero attached hydrogens (tertiary/aromatic N) is 3. The van der Waals surface area contributed by atoms with Crippen molar-refractivity contribution in [1.29, 1.82) is 0 Å². The molecule has 2 aromatic carbocycles. The lowest BCUT2D eigenvalue weighted by Crippen LogP contribution is -2.12. The third-order valence-corrected chi connectivity index (χ3v) is 5.53. The van der Waals surface area contributed by atoms with E-state index in [9.17, 15) is 4.79 Å². The molecule has 0 radical (unpaired) electrons. The van der Waals surface area contributed by atoms with Crippen LogP contribution in [0.25, 0.3) is 22.2 Å². The Morgan fingerprint density at radius 1 is 1.03 bits per heavy atom. The molecule has 0 saturated heterocycles.